The number of nitrogens with zero attached hydrogens (tertiary/aromatic N) is 1. The Hall–Kier alpha value is -2.76. The van der Waals surface area contributed by atoms with Gasteiger partial charge in [0.2, 0.25) is 5.91 Å². The van der Waals surface area contributed by atoms with Crippen molar-refractivity contribution < 1.29 is 18.4 Å². The summed E-state index contributed by atoms with van der Waals surface area (Å²) in [7, 11) is 0. The van der Waals surface area contributed by atoms with Gasteiger partial charge < -0.3 is 10.2 Å². The van der Waals surface area contributed by atoms with E-state index in [9.17, 15) is 18.4 Å². The monoisotopic (exact) mass is 372 g/mol. The summed E-state index contributed by atoms with van der Waals surface area (Å²) in [5.74, 6) is -2.60. The highest BCUT2D eigenvalue weighted by atomic mass is 19.2. The maximum Gasteiger partial charge on any atom is 0.253 e. The van der Waals surface area contributed by atoms with Crippen LogP contribution in [0.4, 0.5) is 14.5 Å². The largest absolute Gasteiger partial charge is 0.339 e. The van der Waals surface area contributed by atoms with Crippen molar-refractivity contribution in [3.05, 3.63) is 64.7 Å². The van der Waals surface area contributed by atoms with Gasteiger partial charge in [0.05, 0.1) is 0 Å². The molecule has 1 aliphatic rings. The van der Waals surface area contributed by atoms with Crippen molar-refractivity contribution in [2.45, 2.75) is 26.7 Å². The molecule has 0 aliphatic carbocycles. The summed E-state index contributed by atoms with van der Waals surface area (Å²) in [4.78, 5) is 26.6. The molecule has 142 valence electrons. The first-order valence-corrected chi connectivity index (χ1v) is 8.97. The first-order valence-electron chi connectivity index (χ1n) is 8.97. The van der Waals surface area contributed by atoms with Crippen LogP contribution in [0.5, 0.6) is 0 Å². The number of carbonyl (C=O) groups excluding carboxylic acids is 2. The van der Waals surface area contributed by atoms with Crippen LogP contribution >= 0.6 is 0 Å². The van der Waals surface area contributed by atoms with Crippen molar-refractivity contribution in [2.75, 3.05) is 18.4 Å². The molecule has 0 aromatic heterocycles. The minimum absolute atomic E-state index is 0.0522. The fourth-order valence-electron chi connectivity index (χ4n) is 3.26. The molecule has 1 fully saturated rings. The standard InChI is InChI=1S/C21H22F2N2O2/c1-13-3-4-14(2)19(11-13)24-20(26)15-7-9-25(10-8-15)21(27)16-5-6-17(22)18(23)12-16/h3-6,11-12,15H,7-10H2,1-2H3,(H,24,26). The van der Waals surface area contributed by atoms with Gasteiger partial charge in [-0.3, -0.25) is 9.59 Å². The maximum absolute atomic E-state index is 13.3. The molecule has 2 amide bonds. The number of rotatable bonds is 3. The summed E-state index contributed by atoms with van der Waals surface area (Å²) >= 11 is 0. The van der Waals surface area contributed by atoms with Gasteiger partial charge in [-0.05, 0) is 62.1 Å². The third kappa shape index (κ3) is 4.32. The van der Waals surface area contributed by atoms with Crippen molar-refractivity contribution >= 4 is 17.5 Å². The normalized spacial score (nSPS) is 14.9. The molecule has 1 saturated heterocycles. The van der Waals surface area contributed by atoms with Crippen LogP contribution in [0.2, 0.25) is 0 Å². The maximum atomic E-state index is 13.3. The molecule has 0 radical (unpaired) electrons. The lowest BCUT2D eigenvalue weighted by Crippen LogP contribution is -2.41. The molecule has 2 aromatic rings. The quantitative estimate of drug-likeness (QED) is 0.883. The third-order valence-corrected chi connectivity index (χ3v) is 4.97. The van der Waals surface area contributed by atoms with Gasteiger partial charge in [-0.2, -0.15) is 0 Å². The molecular formula is C21H22F2N2O2. The second-order valence-electron chi connectivity index (χ2n) is 7.00. The first kappa shape index (κ1) is 19.0. The summed E-state index contributed by atoms with van der Waals surface area (Å²) in [6.45, 7) is 4.72. The molecule has 1 aliphatic heterocycles. The predicted molar refractivity (Wildman–Crippen MR) is 99.5 cm³/mol. The van der Waals surface area contributed by atoms with E-state index in [0.717, 1.165) is 28.9 Å². The van der Waals surface area contributed by atoms with Gasteiger partial charge in [-0.25, -0.2) is 8.78 Å². The highest BCUT2D eigenvalue weighted by Gasteiger charge is 2.28. The van der Waals surface area contributed by atoms with Gasteiger partial charge in [-0.15, -0.1) is 0 Å². The summed E-state index contributed by atoms with van der Waals surface area (Å²) in [5.41, 5.74) is 3.00. The molecular weight excluding hydrogens is 350 g/mol. The molecule has 27 heavy (non-hydrogen) atoms. The zero-order valence-electron chi connectivity index (χ0n) is 15.4. The Morgan fingerprint density at radius 1 is 1.00 bits per heavy atom. The summed E-state index contributed by atoms with van der Waals surface area (Å²) < 4.78 is 26.4. The van der Waals surface area contributed by atoms with Crippen molar-refractivity contribution in [2.24, 2.45) is 5.92 Å². The first-order chi connectivity index (χ1) is 12.8. The summed E-state index contributed by atoms with van der Waals surface area (Å²) in [6, 6.07) is 9.04. The van der Waals surface area contributed by atoms with Crippen molar-refractivity contribution in [1.82, 2.24) is 4.90 Å². The highest BCUT2D eigenvalue weighted by molar-refractivity contribution is 5.95. The number of hydrogen-bond acceptors (Lipinski definition) is 2. The highest BCUT2D eigenvalue weighted by Crippen LogP contribution is 2.23. The Labute approximate surface area is 157 Å². The van der Waals surface area contributed by atoms with E-state index < -0.39 is 11.6 Å². The average Bonchev–Trinajstić information content (AvgIpc) is 2.66. The fraction of sp³-hybridized carbons (Fsp3) is 0.333. The number of carbonyl (C=O) groups is 2. The van der Waals surface area contributed by atoms with Crippen molar-refractivity contribution in [1.29, 1.82) is 0 Å². The van der Waals surface area contributed by atoms with Gasteiger partial charge >= 0.3 is 0 Å². The van der Waals surface area contributed by atoms with E-state index in [4.69, 9.17) is 0 Å². The molecule has 4 nitrogen and oxygen atoms in total. The van der Waals surface area contributed by atoms with E-state index in [2.05, 4.69) is 5.32 Å². The molecule has 0 unspecified atom stereocenters. The number of aryl methyl sites for hydroxylation is 2. The lowest BCUT2D eigenvalue weighted by atomic mass is 9.95. The number of likely N-dealkylation sites (tertiary alicyclic amines) is 1. The van der Waals surface area contributed by atoms with E-state index >= 15 is 0 Å². The smallest absolute Gasteiger partial charge is 0.253 e. The minimum atomic E-state index is -1.04. The Morgan fingerprint density at radius 3 is 2.37 bits per heavy atom. The number of piperidine rings is 1. The SMILES string of the molecule is Cc1ccc(C)c(NC(=O)C2CCN(C(=O)c3ccc(F)c(F)c3)CC2)c1. The molecule has 6 heteroatoms. The fourth-order valence-corrected chi connectivity index (χ4v) is 3.26. The van der Waals surface area contributed by atoms with Crippen LogP contribution in [-0.2, 0) is 4.79 Å². The number of halogens is 2. The average molecular weight is 372 g/mol. The van der Waals surface area contributed by atoms with Gasteiger partial charge in [0.15, 0.2) is 11.6 Å². The lowest BCUT2D eigenvalue weighted by Gasteiger charge is -2.31. The molecule has 3 rings (SSSR count). The second kappa shape index (κ2) is 7.86. The van der Waals surface area contributed by atoms with Crippen LogP contribution in [0.3, 0.4) is 0 Å². The third-order valence-electron chi connectivity index (χ3n) is 4.97. The molecule has 1 N–H and O–H groups in total. The topological polar surface area (TPSA) is 49.4 Å². The van der Waals surface area contributed by atoms with Crippen LogP contribution in [-0.4, -0.2) is 29.8 Å². The van der Waals surface area contributed by atoms with Gasteiger partial charge in [0.1, 0.15) is 0 Å². The second-order valence-corrected chi connectivity index (χ2v) is 7.00. The van der Waals surface area contributed by atoms with Crippen molar-refractivity contribution in [3.8, 4) is 0 Å². The van der Waals surface area contributed by atoms with Crippen LogP contribution in [0.1, 0.15) is 34.3 Å². The number of nitrogens with one attached hydrogen (secondary N) is 1. The molecule has 0 saturated carbocycles. The zero-order chi connectivity index (χ0) is 19.6. The van der Waals surface area contributed by atoms with Crippen LogP contribution < -0.4 is 5.32 Å². The zero-order valence-corrected chi connectivity index (χ0v) is 15.4. The summed E-state index contributed by atoms with van der Waals surface area (Å²) in [6.07, 6.45) is 1.07. The van der Waals surface area contributed by atoms with E-state index in [1.54, 1.807) is 4.90 Å². The molecule has 0 bridgehead atoms. The van der Waals surface area contributed by atoms with Gasteiger partial charge in [-0.1, -0.05) is 12.1 Å². The number of benzene rings is 2. The van der Waals surface area contributed by atoms with Crippen LogP contribution in [0.15, 0.2) is 36.4 Å². The van der Waals surface area contributed by atoms with Crippen molar-refractivity contribution in [3.63, 3.8) is 0 Å². The van der Waals surface area contributed by atoms with Gasteiger partial charge in [0, 0.05) is 30.3 Å². The van der Waals surface area contributed by atoms with Crippen LogP contribution in [0.25, 0.3) is 0 Å². The number of amides is 2. The predicted octanol–water partition coefficient (Wildman–Crippen LogP) is 4.07. The van der Waals surface area contributed by atoms with Crippen LogP contribution in [0, 0.1) is 31.4 Å². The van der Waals surface area contributed by atoms with E-state index in [1.165, 1.54) is 6.07 Å². The van der Waals surface area contributed by atoms with E-state index in [1.807, 2.05) is 32.0 Å². The Balaban J connectivity index is 1.59. The molecule has 0 spiro atoms. The van der Waals surface area contributed by atoms with E-state index in [-0.39, 0.29) is 23.3 Å². The van der Waals surface area contributed by atoms with Gasteiger partial charge in [0.25, 0.3) is 5.91 Å². The molecule has 1 heterocycles. The number of anilines is 1. The lowest BCUT2D eigenvalue weighted by molar-refractivity contribution is -0.121. The molecule has 2 aromatic carbocycles. The number of hydrogen-bond donors (Lipinski definition) is 1. The Morgan fingerprint density at radius 2 is 1.70 bits per heavy atom. The Bertz CT molecular complexity index is 874. The Kier molecular flexibility index (Phi) is 5.54. The minimum Gasteiger partial charge on any atom is -0.339 e. The molecule has 0 atom stereocenters. The van der Waals surface area contributed by atoms with E-state index in [0.29, 0.717) is 25.9 Å². The summed E-state index contributed by atoms with van der Waals surface area (Å²) in [5, 5.41) is 2.98.